The number of halogens is 1. The second-order valence-corrected chi connectivity index (χ2v) is 5.80. The number of rotatable bonds is 4. The standard InChI is InChI=1S/C17H13FN2O2S/c1-20(13-5-3-12(18)4-6-13)15-10-11(16-19-8-9-23-16)2-7-14(15)17(21)22/h2-10H,1H3,(H,21,22). The number of carboxylic acid groups (broad SMARTS) is 1. The summed E-state index contributed by atoms with van der Waals surface area (Å²) in [6.07, 6.45) is 1.70. The third-order valence-corrected chi connectivity index (χ3v) is 4.30. The molecule has 3 rings (SSSR count). The topological polar surface area (TPSA) is 53.4 Å². The summed E-state index contributed by atoms with van der Waals surface area (Å²) in [7, 11) is 1.75. The zero-order valence-corrected chi connectivity index (χ0v) is 13.0. The van der Waals surface area contributed by atoms with Crippen molar-refractivity contribution in [2.75, 3.05) is 11.9 Å². The molecule has 0 aliphatic rings. The fourth-order valence-electron chi connectivity index (χ4n) is 2.29. The number of aromatic carboxylic acids is 1. The SMILES string of the molecule is CN(c1ccc(F)cc1)c1cc(-c2nccs2)ccc1C(=O)O. The fraction of sp³-hybridized carbons (Fsp3) is 0.0588. The predicted molar refractivity (Wildman–Crippen MR) is 89.0 cm³/mol. The minimum absolute atomic E-state index is 0.178. The van der Waals surface area contributed by atoms with Gasteiger partial charge in [-0.25, -0.2) is 14.2 Å². The maximum absolute atomic E-state index is 13.1. The highest BCUT2D eigenvalue weighted by Gasteiger charge is 2.16. The van der Waals surface area contributed by atoms with Gasteiger partial charge < -0.3 is 10.0 Å². The molecule has 23 heavy (non-hydrogen) atoms. The first-order valence-corrected chi connectivity index (χ1v) is 7.71. The number of anilines is 2. The molecule has 0 atom stereocenters. The lowest BCUT2D eigenvalue weighted by Crippen LogP contribution is -2.14. The second-order valence-electron chi connectivity index (χ2n) is 4.91. The van der Waals surface area contributed by atoms with Crippen molar-refractivity contribution in [3.05, 3.63) is 65.4 Å². The molecule has 0 spiro atoms. The first-order valence-electron chi connectivity index (χ1n) is 6.83. The van der Waals surface area contributed by atoms with Crippen molar-refractivity contribution in [1.29, 1.82) is 0 Å². The van der Waals surface area contributed by atoms with Gasteiger partial charge in [-0.05, 0) is 36.4 Å². The number of benzene rings is 2. The maximum Gasteiger partial charge on any atom is 0.337 e. The number of carboxylic acids is 1. The fourth-order valence-corrected chi connectivity index (χ4v) is 2.93. The molecule has 0 aliphatic carbocycles. The monoisotopic (exact) mass is 328 g/mol. The second kappa shape index (κ2) is 6.18. The Morgan fingerprint density at radius 1 is 1.22 bits per heavy atom. The van der Waals surface area contributed by atoms with E-state index in [1.807, 2.05) is 5.38 Å². The van der Waals surface area contributed by atoms with Gasteiger partial charge in [-0.2, -0.15) is 0 Å². The molecule has 1 heterocycles. The predicted octanol–water partition coefficient (Wildman–Crippen LogP) is 4.42. The number of hydrogen-bond acceptors (Lipinski definition) is 4. The Bertz CT molecular complexity index is 832. The van der Waals surface area contributed by atoms with Crippen LogP contribution in [-0.4, -0.2) is 23.1 Å². The number of nitrogens with zero attached hydrogens (tertiary/aromatic N) is 2. The first kappa shape index (κ1) is 15.2. The number of carbonyl (C=O) groups is 1. The number of hydrogen-bond donors (Lipinski definition) is 1. The molecule has 0 saturated heterocycles. The van der Waals surface area contributed by atoms with Crippen LogP contribution >= 0.6 is 11.3 Å². The van der Waals surface area contributed by atoms with E-state index in [-0.39, 0.29) is 11.4 Å². The zero-order chi connectivity index (χ0) is 16.4. The zero-order valence-electron chi connectivity index (χ0n) is 12.2. The van der Waals surface area contributed by atoms with E-state index in [0.29, 0.717) is 11.4 Å². The van der Waals surface area contributed by atoms with E-state index in [1.165, 1.54) is 23.5 Å². The highest BCUT2D eigenvalue weighted by molar-refractivity contribution is 7.13. The maximum atomic E-state index is 13.1. The number of aromatic nitrogens is 1. The van der Waals surface area contributed by atoms with Crippen molar-refractivity contribution in [2.45, 2.75) is 0 Å². The summed E-state index contributed by atoms with van der Waals surface area (Å²) >= 11 is 1.48. The van der Waals surface area contributed by atoms with Crippen LogP contribution in [0.5, 0.6) is 0 Å². The highest BCUT2D eigenvalue weighted by atomic mass is 32.1. The molecule has 0 amide bonds. The molecule has 1 N–H and O–H groups in total. The molecule has 4 nitrogen and oxygen atoms in total. The molecule has 3 aromatic rings. The summed E-state index contributed by atoms with van der Waals surface area (Å²) in [6.45, 7) is 0. The normalized spacial score (nSPS) is 10.5. The van der Waals surface area contributed by atoms with Gasteiger partial charge in [0.15, 0.2) is 0 Å². The van der Waals surface area contributed by atoms with E-state index in [9.17, 15) is 14.3 Å². The van der Waals surface area contributed by atoms with Crippen molar-refractivity contribution in [3.8, 4) is 10.6 Å². The molecule has 0 fully saturated rings. The van der Waals surface area contributed by atoms with Gasteiger partial charge in [-0.3, -0.25) is 0 Å². The molecule has 0 bridgehead atoms. The van der Waals surface area contributed by atoms with Gasteiger partial charge in [-0.15, -0.1) is 11.3 Å². The average Bonchev–Trinajstić information content (AvgIpc) is 3.08. The van der Waals surface area contributed by atoms with Crippen molar-refractivity contribution in [3.63, 3.8) is 0 Å². The molecule has 6 heteroatoms. The van der Waals surface area contributed by atoms with Crippen LogP contribution in [0.3, 0.4) is 0 Å². The lowest BCUT2D eigenvalue weighted by molar-refractivity contribution is 0.0697. The van der Waals surface area contributed by atoms with Crippen LogP contribution in [0.2, 0.25) is 0 Å². The Morgan fingerprint density at radius 3 is 2.57 bits per heavy atom. The van der Waals surface area contributed by atoms with Gasteiger partial charge in [0.1, 0.15) is 10.8 Å². The van der Waals surface area contributed by atoms with E-state index >= 15 is 0 Å². The van der Waals surface area contributed by atoms with Gasteiger partial charge >= 0.3 is 5.97 Å². The van der Waals surface area contributed by atoms with E-state index in [2.05, 4.69) is 4.98 Å². The van der Waals surface area contributed by atoms with Crippen LogP contribution in [0.25, 0.3) is 10.6 Å². The summed E-state index contributed by atoms with van der Waals surface area (Å²) in [5.41, 5.74) is 2.24. The minimum Gasteiger partial charge on any atom is -0.478 e. The van der Waals surface area contributed by atoms with Crippen LogP contribution in [0, 0.1) is 5.82 Å². The molecule has 0 unspecified atom stereocenters. The third kappa shape index (κ3) is 3.07. The Hall–Kier alpha value is -2.73. The quantitative estimate of drug-likeness (QED) is 0.770. The van der Waals surface area contributed by atoms with Gasteiger partial charge in [0, 0.05) is 29.9 Å². The van der Waals surface area contributed by atoms with Crippen LogP contribution < -0.4 is 4.90 Å². The van der Waals surface area contributed by atoms with Crippen LogP contribution in [0.1, 0.15) is 10.4 Å². The largest absolute Gasteiger partial charge is 0.478 e. The lowest BCUT2D eigenvalue weighted by atomic mass is 10.1. The van der Waals surface area contributed by atoms with Crippen molar-refractivity contribution in [1.82, 2.24) is 4.98 Å². The Labute approximate surface area is 136 Å². The molecule has 0 radical (unpaired) electrons. The molecule has 1 aromatic heterocycles. The molecule has 2 aromatic carbocycles. The molecule has 0 saturated carbocycles. The van der Waals surface area contributed by atoms with Crippen LogP contribution in [0.15, 0.2) is 54.0 Å². The summed E-state index contributed by atoms with van der Waals surface area (Å²) < 4.78 is 13.1. The van der Waals surface area contributed by atoms with E-state index in [1.54, 1.807) is 48.5 Å². The summed E-state index contributed by atoms with van der Waals surface area (Å²) in [6, 6.07) is 11.0. The number of thiazole rings is 1. The molecule has 116 valence electrons. The Kier molecular flexibility index (Phi) is 4.08. The summed E-state index contributed by atoms with van der Waals surface area (Å²) in [4.78, 5) is 17.5. The molecular formula is C17H13FN2O2S. The van der Waals surface area contributed by atoms with Gasteiger partial charge in [-0.1, -0.05) is 6.07 Å². The molecular weight excluding hydrogens is 315 g/mol. The summed E-state index contributed by atoms with van der Waals surface area (Å²) in [5.74, 6) is -1.35. The average molecular weight is 328 g/mol. The van der Waals surface area contributed by atoms with E-state index in [4.69, 9.17) is 0 Å². The van der Waals surface area contributed by atoms with Crippen molar-refractivity contribution >= 4 is 28.7 Å². The smallest absolute Gasteiger partial charge is 0.337 e. The van der Waals surface area contributed by atoms with Gasteiger partial charge in [0.25, 0.3) is 0 Å². The highest BCUT2D eigenvalue weighted by Crippen LogP contribution is 2.32. The lowest BCUT2D eigenvalue weighted by Gasteiger charge is -2.22. The minimum atomic E-state index is -1.01. The van der Waals surface area contributed by atoms with Crippen molar-refractivity contribution < 1.29 is 14.3 Å². The Balaban J connectivity index is 2.09. The molecule has 0 aliphatic heterocycles. The Morgan fingerprint density at radius 2 is 1.96 bits per heavy atom. The summed E-state index contributed by atoms with van der Waals surface area (Å²) in [5, 5.41) is 12.1. The third-order valence-electron chi connectivity index (χ3n) is 3.48. The van der Waals surface area contributed by atoms with Crippen molar-refractivity contribution in [2.24, 2.45) is 0 Å². The van der Waals surface area contributed by atoms with Crippen LogP contribution in [0.4, 0.5) is 15.8 Å². The van der Waals surface area contributed by atoms with Gasteiger partial charge in [0.2, 0.25) is 0 Å². The van der Waals surface area contributed by atoms with E-state index in [0.717, 1.165) is 10.6 Å². The first-order chi connectivity index (χ1) is 11.1. The van der Waals surface area contributed by atoms with Gasteiger partial charge in [0.05, 0.1) is 11.3 Å². The van der Waals surface area contributed by atoms with E-state index < -0.39 is 5.97 Å². The van der Waals surface area contributed by atoms with Crippen LogP contribution in [-0.2, 0) is 0 Å².